The van der Waals surface area contributed by atoms with Crippen molar-refractivity contribution in [3.8, 4) is 0 Å². The van der Waals surface area contributed by atoms with E-state index in [2.05, 4.69) is 22.0 Å². The molecule has 1 heterocycles. The van der Waals surface area contributed by atoms with Gasteiger partial charge in [-0.3, -0.25) is 4.79 Å². The number of nitrogens with one attached hydrogen (secondary N) is 1. The molecule has 1 atom stereocenters. The largest absolute Gasteiger partial charge is 0.389 e. The number of aliphatic hydroxyl groups is 1. The van der Waals surface area contributed by atoms with Gasteiger partial charge >= 0.3 is 0 Å². The first kappa shape index (κ1) is 17.8. The summed E-state index contributed by atoms with van der Waals surface area (Å²) >= 11 is 0. The quantitative estimate of drug-likeness (QED) is 0.839. The number of anilines is 1. The van der Waals surface area contributed by atoms with E-state index in [1.165, 1.54) is 25.1 Å². The molecule has 1 amide bonds. The summed E-state index contributed by atoms with van der Waals surface area (Å²) in [4.78, 5) is 16.7. The van der Waals surface area contributed by atoms with E-state index in [9.17, 15) is 14.3 Å². The van der Waals surface area contributed by atoms with Crippen molar-refractivity contribution >= 4 is 11.6 Å². The van der Waals surface area contributed by atoms with Crippen molar-refractivity contribution in [3.05, 3.63) is 29.6 Å². The standard InChI is InChI=1S/C17H26FN3O2/c1-3-20-8-10-21(11-9-20)7-6-17(23)19-14-4-5-16(18)15(12-14)13(2)22/h4-5,12-13,22H,3,6-11H2,1-2H3,(H,19,23). The molecule has 1 fully saturated rings. The van der Waals surface area contributed by atoms with Crippen LogP contribution in [0.4, 0.5) is 10.1 Å². The number of carbonyl (C=O) groups is 1. The Morgan fingerprint density at radius 2 is 1.96 bits per heavy atom. The highest BCUT2D eigenvalue weighted by Gasteiger charge is 2.16. The van der Waals surface area contributed by atoms with E-state index in [1.807, 2.05) is 0 Å². The maximum atomic E-state index is 13.5. The van der Waals surface area contributed by atoms with Gasteiger partial charge in [-0.25, -0.2) is 4.39 Å². The number of hydrogen-bond donors (Lipinski definition) is 2. The fourth-order valence-corrected chi connectivity index (χ4v) is 2.75. The third-order valence-corrected chi connectivity index (χ3v) is 4.30. The summed E-state index contributed by atoms with van der Waals surface area (Å²) in [6.07, 6.45) is -0.491. The monoisotopic (exact) mass is 323 g/mol. The lowest BCUT2D eigenvalue weighted by Gasteiger charge is -2.33. The smallest absolute Gasteiger partial charge is 0.225 e. The van der Waals surface area contributed by atoms with Crippen LogP contribution in [0.3, 0.4) is 0 Å². The van der Waals surface area contributed by atoms with E-state index < -0.39 is 11.9 Å². The van der Waals surface area contributed by atoms with Gasteiger partial charge in [-0.05, 0) is 31.7 Å². The molecule has 1 aromatic rings. The normalized spacial score (nSPS) is 17.9. The lowest BCUT2D eigenvalue weighted by atomic mass is 10.1. The first-order valence-electron chi connectivity index (χ1n) is 8.21. The highest BCUT2D eigenvalue weighted by atomic mass is 19.1. The summed E-state index contributed by atoms with van der Waals surface area (Å²) in [6, 6.07) is 4.26. The van der Waals surface area contributed by atoms with Gasteiger partial charge < -0.3 is 20.2 Å². The molecule has 128 valence electrons. The molecule has 6 heteroatoms. The van der Waals surface area contributed by atoms with Gasteiger partial charge in [-0.15, -0.1) is 0 Å². The molecule has 23 heavy (non-hydrogen) atoms. The molecular weight excluding hydrogens is 297 g/mol. The Balaban J connectivity index is 1.80. The first-order valence-corrected chi connectivity index (χ1v) is 8.21. The number of likely N-dealkylation sites (N-methyl/N-ethyl adjacent to an activating group) is 1. The van der Waals surface area contributed by atoms with Crippen LogP contribution in [0.25, 0.3) is 0 Å². The van der Waals surface area contributed by atoms with Crippen LogP contribution in [0.1, 0.15) is 31.9 Å². The number of halogens is 1. The van der Waals surface area contributed by atoms with Crippen LogP contribution in [-0.2, 0) is 4.79 Å². The van der Waals surface area contributed by atoms with Crippen molar-refractivity contribution in [2.45, 2.75) is 26.4 Å². The van der Waals surface area contributed by atoms with E-state index in [4.69, 9.17) is 0 Å². The lowest BCUT2D eigenvalue weighted by molar-refractivity contribution is -0.116. The molecule has 0 saturated carbocycles. The molecule has 1 aliphatic heterocycles. The molecule has 0 radical (unpaired) electrons. The Kier molecular flexibility index (Phi) is 6.50. The Morgan fingerprint density at radius 1 is 1.30 bits per heavy atom. The second-order valence-electron chi connectivity index (χ2n) is 5.99. The van der Waals surface area contributed by atoms with Crippen LogP contribution in [0.15, 0.2) is 18.2 Å². The summed E-state index contributed by atoms with van der Waals surface area (Å²) in [5.74, 6) is -0.558. The SMILES string of the molecule is CCN1CCN(CCC(=O)Nc2ccc(F)c(C(C)O)c2)CC1. The van der Waals surface area contributed by atoms with E-state index in [-0.39, 0.29) is 11.5 Å². The van der Waals surface area contributed by atoms with Gasteiger partial charge in [0.25, 0.3) is 0 Å². The molecule has 1 aliphatic rings. The number of carbonyl (C=O) groups excluding carboxylic acids is 1. The number of piperazine rings is 1. The molecule has 2 rings (SSSR count). The predicted molar refractivity (Wildman–Crippen MR) is 88.8 cm³/mol. The van der Waals surface area contributed by atoms with Gasteiger partial charge in [-0.2, -0.15) is 0 Å². The summed E-state index contributed by atoms with van der Waals surface area (Å²) in [5.41, 5.74) is 0.710. The van der Waals surface area contributed by atoms with Crippen molar-refractivity contribution in [3.63, 3.8) is 0 Å². The van der Waals surface area contributed by atoms with Gasteiger partial charge in [-0.1, -0.05) is 6.92 Å². The Hall–Kier alpha value is -1.50. The van der Waals surface area contributed by atoms with Gasteiger partial charge in [0.2, 0.25) is 5.91 Å². The molecule has 2 N–H and O–H groups in total. The average molecular weight is 323 g/mol. The number of benzene rings is 1. The molecule has 0 spiro atoms. The van der Waals surface area contributed by atoms with Crippen LogP contribution in [-0.4, -0.2) is 60.1 Å². The fraction of sp³-hybridized carbons (Fsp3) is 0.588. The molecule has 0 aliphatic carbocycles. The Morgan fingerprint density at radius 3 is 2.57 bits per heavy atom. The molecule has 1 saturated heterocycles. The highest BCUT2D eigenvalue weighted by molar-refractivity contribution is 5.90. The van der Waals surface area contributed by atoms with E-state index in [0.717, 1.165) is 39.3 Å². The van der Waals surface area contributed by atoms with Crippen LogP contribution in [0, 0.1) is 5.82 Å². The zero-order valence-electron chi connectivity index (χ0n) is 13.9. The zero-order valence-corrected chi connectivity index (χ0v) is 13.9. The Labute approximate surface area is 137 Å². The second-order valence-corrected chi connectivity index (χ2v) is 5.99. The third kappa shape index (κ3) is 5.27. The number of nitrogens with zero attached hydrogens (tertiary/aromatic N) is 2. The summed E-state index contributed by atoms with van der Waals surface area (Å²) in [5, 5.41) is 12.3. The van der Waals surface area contributed by atoms with Crippen LogP contribution < -0.4 is 5.32 Å². The topological polar surface area (TPSA) is 55.8 Å². The second kappa shape index (κ2) is 8.38. The highest BCUT2D eigenvalue weighted by Crippen LogP contribution is 2.21. The number of aliphatic hydroxyl groups excluding tert-OH is 1. The van der Waals surface area contributed by atoms with E-state index in [1.54, 1.807) is 0 Å². The number of rotatable bonds is 6. The van der Waals surface area contributed by atoms with Crippen LogP contribution >= 0.6 is 0 Å². The fourth-order valence-electron chi connectivity index (χ4n) is 2.75. The maximum Gasteiger partial charge on any atom is 0.225 e. The zero-order chi connectivity index (χ0) is 16.8. The van der Waals surface area contributed by atoms with Crippen LogP contribution in [0.5, 0.6) is 0 Å². The number of hydrogen-bond acceptors (Lipinski definition) is 4. The summed E-state index contributed by atoms with van der Waals surface area (Å²) in [6.45, 7) is 9.54. The predicted octanol–water partition coefficient (Wildman–Crippen LogP) is 1.85. The molecule has 1 unspecified atom stereocenters. The molecule has 0 aromatic heterocycles. The number of amides is 1. The molecule has 0 bridgehead atoms. The van der Waals surface area contributed by atoms with E-state index >= 15 is 0 Å². The molecule has 5 nitrogen and oxygen atoms in total. The summed E-state index contributed by atoms with van der Waals surface area (Å²) < 4.78 is 13.5. The van der Waals surface area contributed by atoms with Crippen molar-refractivity contribution in [2.75, 3.05) is 44.6 Å². The maximum absolute atomic E-state index is 13.5. The minimum Gasteiger partial charge on any atom is -0.389 e. The van der Waals surface area contributed by atoms with E-state index in [0.29, 0.717) is 12.1 Å². The lowest BCUT2D eigenvalue weighted by Crippen LogP contribution is -2.46. The molecular formula is C17H26FN3O2. The summed E-state index contributed by atoms with van der Waals surface area (Å²) in [7, 11) is 0. The van der Waals surface area contributed by atoms with Gasteiger partial charge in [0.05, 0.1) is 6.10 Å². The minimum atomic E-state index is -0.901. The first-order chi connectivity index (χ1) is 11.0. The molecule has 1 aromatic carbocycles. The van der Waals surface area contributed by atoms with Gasteiger partial charge in [0.1, 0.15) is 5.82 Å². The third-order valence-electron chi connectivity index (χ3n) is 4.30. The Bertz CT molecular complexity index is 529. The minimum absolute atomic E-state index is 0.0916. The van der Waals surface area contributed by atoms with Crippen molar-refractivity contribution in [1.29, 1.82) is 0 Å². The average Bonchev–Trinajstić information content (AvgIpc) is 2.55. The van der Waals surface area contributed by atoms with Crippen molar-refractivity contribution in [2.24, 2.45) is 0 Å². The van der Waals surface area contributed by atoms with Crippen molar-refractivity contribution in [1.82, 2.24) is 9.80 Å². The van der Waals surface area contributed by atoms with Crippen LogP contribution in [0.2, 0.25) is 0 Å². The van der Waals surface area contributed by atoms with Gasteiger partial charge in [0, 0.05) is 50.4 Å². The van der Waals surface area contributed by atoms with Gasteiger partial charge in [0.15, 0.2) is 0 Å². The van der Waals surface area contributed by atoms with Crippen molar-refractivity contribution < 1.29 is 14.3 Å².